The van der Waals surface area contributed by atoms with Gasteiger partial charge in [0.1, 0.15) is 5.01 Å². The van der Waals surface area contributed by atoms with Gasteiger partial charge in [-0.25, -0.2) is 4.98 Å². The minimum Gasteiger partial charge on any atom is -0.313 e. The standard InChI is InChI=1S/C14H17N3S/c1-17-8-7-15-9-13(17)14-16-12(10-18-14)11-5-3-2-4-6-11/h2-6,10,13,15H,7-9H2,1H3. The summed E-state index contributed by atoms with van der Waals surface area (Å²) in [4.78, 5) is 7.17. The Morgan fingerprint density at radius 1 is 1.33 bits per heavy atom. The molecule has 1 aromatic carbocycles. The Morgan fingerprint density at radius 2 is 2.17 bits per heavy atom. The van der Waals surface area contributed by atoms with E-state index >= 15 is 0 Å². The predicted octanol–water partition coefficient (Wildman–Crippen LogP) is 2.39. The van der Waals surface area contributed by atoms with E-state index in [1.165, 1.54) is 10.6 Å². The lowest BCUT2D eigenvalue weighted by Crippen LogP contribution is -2.43. The molecule has 94 valence electrons. The Hall–Kier alpha value is -1.23. The fourth-order valence-electron chi connectivity index (χ4n) is 2.26. The summed E-state index contributed by atoms with van der Waals surface area (Å²) in [5.74, 6) is 0. The zero-order chi connectivity index (χ0) is 12.4. The summed E-state index contributed by atoms with van der Waals surface area (Å²) in [5.41, 5.74) is 2.29. The number of rotatable bonds is 2. The molecule has 3 nitrogen and oxygen atoms in total. The molecule has 2 heterocycles. The van der Waals surface area contributed by atoms with Gasteiger partial charge in [-0.05, 0) is 7.05 Å². The van der Waals surface area contributed by atoms with Crippen molar-refractivity contribution >= 4 is 11.3 Å². The van der Waals surface area contributed by atoms with Crippen LogP contribution in [0.15, 0.2) is 35.7 Å². The summed E-state index contributed by atoms with van der Waals surface area (Å²) in [7, 11) is 2.18. The van der Waals surface area contributed by atoms with Gasteiger partial charge in [-0.3, -0.25) is 4.90 Å². The van der Waals surface area contributed by atoms with E-state index in [4.69, 9.17) is 4.98 Å². The molecule has 0 amide bonds. The van der Waals surface area contributed by atoms with E-state index < -0.39 is 0 Å². The van der Waals surface area contributed by atoms with Gasteiger partial charge in [0.25, 0.3) is 0 Å². The zero-order valence-electron chi connectivity index (χ0n) is 10.5. The molecule has 18 heavy (non-hydrogen) atoms. The maximum atomic E-state index is 4.79. The molecule has 1 aromatic heterocycles. The normalized spacial score (nSPS) is 21.1. The average molecular weight is 259 g/mol. The Labute approximate surface area is 111 Å². The van der Waals surface area contributed by atoms with Gasteiger partial charge in [-0.1, -0.05) is 30.3 Å². The van der Waals surface area contributed by atoms with Crippen LogP contribution in [0.25, 0.3) is 11.3 Å². The van der Waals surface area contributed by atoms with E-state index in [0.717, 1.165) is 25.3 Å². The lowest BCUT2D eigenvalue weighted by Gasteiger charge is -2.31. The third kappa shape index (κ3) is 2.32. The number of piperazine rings is 1. The van der Waals surface area contributed by atoms with E-state index in [-0.39, 0.29) is 0 Å². The number of hydrogen-bond donors (Lipinski definition) is 1. The number of likely N-dealkylation sites (N-methyl/N-ethyl adjacent to an activating group) is 1. The van der Waals surface area contributed by atoms with Crippen LogP contribution >= 0.6 is 11.3 Å². The van der Waals surface area contributed by atoms with Gasteiger partial charge in [0.2, 0.25) is 0 Å². The Kier molecular flexibility index (Phi) is 3.41. The molecule has 0 aliphatic carbocycles. The first-order valence-electron chi connectivity index (χ1n) is 6.26. The molecular weight excluding hydrogens is 242 g/mol. The van der Waals surface area contributed by atoms with Crippen LogP contribution in [-0.4, -0.2) is 36.6 Å². The SMILES string of the molecule is CN1CCNCC1c1nc(-c2ccccc2)cs1. The van der Waals surface area contributed by atoms with Gasteiger partial charge in [0, 0.05) is 30.6 Å². The van der Waals surface area contributed by atoms with Crippen molar-refractivity contribution in [3.8, 4) is 11.3 Å². The molecule has 1 atom stereocenters. The first-order valence-corrected chi connectivity index (χ1v) is 7.14. The van der Waals surface area contributed by atoms with E-state index in [2.05, 4.69) is 46.9 Å². The van der Waals surface area contributed by atoms with E-state index in [1.807, 2.05) is 6.07 Å². The summed E-state index contributed by atoms with van der Waals surface area (Å²) in [5, 5.41) is 6.81. The van der Waals surface area contributed by atoms with Gasteiger partial charge in [-0.15, -0.1) is 11.3 Å². The molecule has 1 saturated heterocycles. The maximum absolute atomic E-state index is 4.79. The fourth-order valence-corrected chi connectivity index (χ4v) is 3.26. The smallest absolute Gasteiger partial charge is 0.112 e. The van der Waals surface area contributed by atoms with Gasteiger partial charge in [0.15, 0.2) is 0 Å². The first kappa shape index (κ1) is 11.8. The number of thiazole rings is 1. The first-order chi connectivity index (χ1) is 8.84. The van der Waals surface area contributed by atoms with Crippen molar-refractivity contribution in [3.63, 3.8) is 0 Å². The Bertz CT molecular complexity index is 509. The molecule has 0 radical (unpaired) electrons. The Morgan fingerprint density at radius 3 is 2.94 bits per heavy atom. The fraction of sp³-hybridized carbons (Fsp3) is 0.357. The van der Waals surface area contributed by atoms with Crippen molar-refractivity contribution in [1.29, 1.82) is 0 Å². The van der Waals surface area contributed by atoms with Gasteiger partial charge in [-0.2, -0.15) is 0 Å². The van der Waals surface area contributed by atoms with Crippen LogP contribution in [0, 0.1) is 0 Å². The summed E-state index contributed by atoms with van der Waals surface area (Å²) in [6, 6.07) is 10.8. The quantitative estimate of drug-likeness (QED) is 0.897. The average Bonchev–Trinajstić information content (AvgIpc) is 2.90. The molecule has 2 aromatic rings. The monoisotopic (exact) mass is 259 g/mol. The highest BCUT2D eigenvalue weighted by Gasteiger charge is 2.23. The number of benzene rings is 1. The number of nitrogens with zero attached hydrogens (tertiary/aromatic N) is 2. The molecule has 3 rings (SSSR count). The van der Waals surface area contributed by atoms with Gasteiger partial charge < -0.3 is 5.32 Å². The minimum absolute atomic E-state index is 0.418. The van der Waals surface area contributed by atoms with Gasteiger partial charge in [0.05, 0.1) is 11.7 Å². The van der Waals surface area contributed by atoms with Gasteiger partial charge >= 0.3 is 0 Å². The molecule has 0 spiro atoms. The molecule has 4 heteroatoms. The summed E-state index contributed by atoms with van der Waals surface area (Å²) in [6.45, 7) is 3.16. The second kappa shape index (κ2) is 5.18. The lowest BCUT2D eigenvalue weighted by atomic mass is 10.2. The molecule has 1 fully saturated rings. The molecule has 1 aliphatic heterocycles. The zero-order valence-corrected chi connectivity index (χ0v) is 11.3. The van der Waals surface area contributed by atoms with Crippen LogP contribution in [0.2, 0.25) is 0 Å². The highest BCUT2D eigenvalue weighted by atomic mass is 32.1. The summed E-state index contributed by atoms with van der Waals surface area (Å²) < 4.78 is 0. The van der Waals surface area contributed by atoms with Crippen molar-refractivity contribution in [2.45, 2.75) is 6.04 Å². The van der Waals surface area contributed by atoms with Crippen molar-refractivity contribution < 1.29 is 0 Å². The number of hydrogen-bond acceptors (Lipinski definition) is 4. The third-order valence-corrected chi connectivity index (χ3v) is 4.33. The second-order valence-electron chi connectivity index (χ2n) is 4.64. The van der Waals surface area contributed by atoms with Crippen LogP contribution in [0.5, 0.6) is 0 Å². The van der Waals surface area contributed by atoms with Crippen LogP contribution in [0.3, 0.4) is 0 Å². The van der Waals surface area contributed by atoms with E-state index in [9.17, 15) is 0 Å². The largest absolute Gasteiger partial charge is 0.313 e. The van der Waals surface area contributed by atoms with Crippen molar-refractivity contribution in [3.05, 3.63) is 40.7 Å². The molecule has 0 saturated carbocycles. The number of aromatic nitrogens is 1. The van der Waals surface area contributed by atoms with E-state index in [1.54, 1.807) is 11.3 Å². The van der Waals surface area contributed by atoms with Crippen LogP contribution < -0.4 is 5.32 Å². The third-order valence-electron chi connectivity index (χ3n) is 3.39. The van der Waals surface area contributed by atoms with E-state index in [0.29, 0.717) is 6.04 Å². The van der Waals surface area contributed by atoms with Crippen molar-refractivity contribution in [1.82, 2.24) is 15.2 Å². The Balaban J connectivity index is 1.85. The molecule has 1 unspecified atom stereocenters. The van der Waals surface area contributed by atoms with Crippen LogP contribution in [0.4, 0.5) is 0 Å². The topological polar surface area (TPSA) is 28.2 Å². The van der Waals surface area contributed by atoms with Crippen LogP contribution in [0.1, 0.15) is 11.0 Å². The van der Waals surface area contributed by atoms with Crippen molar-refractivity contribution in [2.75, 3.05) is 26.7 Å². The molecule has 0 bridgehead atoms. The highest BCUT2D eigenvalue weighted by molar-refractivity contribution is 7.10. The van der Waals surface area contributed by atoms with Crippen LogP contribution in [-0.2, 0) is 0 Å². The predicted molar refractivity (Wildman–Crippen MR) is 75.8 cm³/mol. The summed E-state index contributed by atoms with van der Waals surface area (Å²) >= 11 is 1.76. The lowest BCUT2D eigenvalue weighted by molar-refractivity contribution is 0.202. The minimum atomic E-state index is 0.418. The van der Waals surface area contributed by atoms with Crippen molar-refractivity contribution in [2.24, 2.45) is 0 Å². The molecule has 1 N–H and O–H groups in total. The second-order valence-corrected chi connectivity index (χ2v) is 5.53. The maximum Gasteiger partial charge on any atom is 0.112 e. The molecular formula is C14H17N3S. The molecule has 1 aliphatic rings. The summed E-state index contributed by atoms with van der Waals surface area (Å²) in [6.07, 6.45) is 0. The highest BCUT2D eigenvalue weighted by Crippen LogP contribution is 2.28. The number of nitrogens with one attached hydrogen (secondary N) is 1.